The van der Waals surface area contributed by atoms with E-state index in [0.29, 0.717) is 6.54 Å². The zero-order chi connectivity index (χ0) is 15.5. The van der Waals surface area contributed by atoms with Crippen molar-refractivity contribution in [2.75, 3.05) is 20.1 Å². The van der Waals surface area contributed by atoms with Crippen LogP contribution in [0.2, 0.25) is 0 Å². The molecule has 1 N–H and O–H groups in total. The van der Waals surface area contributed by atoms with E-state index in [-0.39, 0.29) is 6.54 Å². The van der Waals surface area contributed by atoms with Crippen LogP contribution in [-0.2, 0) is 11.2 Å². The number of nitrogens with one attached hydrogen (secondary N) is 1. The lowest BCUT2D eigenvalue weighted by molar-refractivity contribution is -0.157. The Kier molecular flexibility index (Phi) is 5.06. The van der Waals surface area contributed by atoms with Gasteiger partial charge in [0, 0.05) is 35.6 Å². The predicted molar refractivity (Wildman–Crippen MR) is 80.8 cm³/mol. The van der Waals surface area contributed by atoms with Crippen molar-refractivity contribution < 1.29 is 13.5 Å². The Morgan fingerprint density at radius 2 is 2.05 bits per heavy atom. The van der Waals surface area contributed by atoms with E-state index in [1.54, 1.807) is 11.9 Å². The SMILES string of the molecule is [B]C([B])(CN(C)CCc1c[nH]c2ccccc12)OC(F)F. The lowest BCUT2D eigenvalue weighted by atomic mass is 9.65. The van der Waals surface area contributed by atoms with Gasteiger partial charge in [-0.15, -0.1) is 0 Å². The van der Waals surface area contributed by atoms with Crippen LogP contribution in [0.5, 0.6) is 0 Å². The van der Waals surface area contributed by atoms with E-state index in [9.17, 15) is 8.78 Å². The zero-order valence-corrected chi connectivity index (χ0v) is 11.9. The van der Waals surface area contributed by atoms with E-state index in [1.807, 2.05) is 30.5 Å². The maximum absolute atomic E-state index is 12.2. The summed E-state index contributed by atoms with van der Waals surface area (Å²) < 4.78 is 28.5. The summed E-state index contributed by atoms with van der Waals surface area (Å²) >= 11 is 0. The molecule has 108 valence electrons. The summed E-state index contributed by atoms with van der Waals surface area (Å²) in [6.45, 7) is -2.34. The summed E-state index contributed by atoms with van der Waals surface area (Å²) in [7, 11) is 12.7. The van der Waals surface area contributed by atoms with Crippen molar-refractivity contribution in [3.8, 4) is 0 Å². The molecule has 0 bridgehead atoms. The number of hydrogen-bond acceptors (Lipinski definition) is 2. The van der Waals surface area contributed by atoms with Crippen molar-refractivity contribution >= 4 is 26.6 Å². The Morgan fingerprint density at radius 1 is 1.33 bits per heavy atom. The molecule has 1 aromatic carbocycles. The molecule has 0 saturated carbocycles. The maximum Gasteiger partial charge on any atom is 0.344 e. The van der Waals surface area contributed by atoms with Gasteiger partial charge in [0.15, 0.2) is 0 Å². The van der Waals surface area contributed by atoms with Crippen molar-refractivity contribution in [2.24, 2.45) is 0 Å². The van der Waals surface area contributed by atoms with Gasteiger partial charge in [0.05, 0.1) is 0 Å². The van der Waals surface area contributed by atoms with Gasteiger partial charge in [-0.3, -0.25) is 0 Å². The van der Waals surface area contributed by atoms with Gasteiger partial charge in [0.1, 0.15) is 15.7 Å². The molecule has 2 rings (SSSR count). The van der Waals surface area contributed by atoms with Crippen LogP contribution in [0, 0.1) is 0 Å². The summed E-state index contributed by atoms with van der Waals surface area (Å²) in [5.41, 5.74) is 2.23. The minimum atomic E-state index is -2.98. The molecule has 0 saturated heterocycles. The number of rotatable bonds is 7. The van der Waals surface area contributed by atoms with Gasteiger partial charge in [0.25, 0.3) is 0 Å². The number of halogens is 2. The van der Waals surface area contributed by atoms with Gasteiger partial charge in [-0.2, -0.15) is 8.78 Å². The van der Waals surface area contributed by atoms with Crippen LogP contribution in [-0.4, -0.2) is 57.7 Å². The Bertz CT molecular complexity index is 589. The standard InChI is InChI=1S/C14H16B2F2N2O/c1-20(9-14(15,16)21-13(17)18)7-6-10-8-19-12-5-3-2-4-11(10)12/h2-5,8,13,19H,6-7,9H2,1H3. The van der Waals surface area contributed by atoms with Crippen LogP contribution in [0.15, 0.2) is 30.5 Å². The number of hydrogen-bond donors (Lipinski definition) is 1. The molecule has 0 aliphatic rings. The highest BCUT2D eigenvalue weighted by atomic mass is 19.3. The monoisotopic (exact) mass is 288 g/mol. The van der Waals surface area contributed by atoms with Gasteiger partial charge >= 0.3 is 6.61 Å². The van der Waals surface area contributed by atoms with E-state index in [1.165, 1.54) is 0 Å². The minimum absolute atomic E-state index is 0.0136. The molecule has 3 nitrogen and oxygen atoms in total. The van der Waals surface area contributed by atoms with E-state index in [4.69, 9.17) is 15.7 Å². The van der Waals surface area contributed by atoms with Gasteiger partial charge in [-0.25, -0.2) is 0 Å². The second-order valence-corrected chi connectivity index (χ2v) is 5.18. The van der Waals surface area contributed by atoms with E-state index in [0.717, 1.165) is 22.9 Å². The summed E-state index contributed by atoms with van der Waals surface area (Å²) in [4.78, 5) is 4.96. The van der Waals surface area contributed by atoms with Crippen LogP contribution >= 0.6 is 0 Å². The van der Waals surface area contributed by atoms with Crippen molar-refractivity contribution in [2.45, 2.75) is 18.4 Å². The Morgan fingerprint density at radius 3 is 2.76 bits per heavy atom. The Balaban J connectivity index is 1.90. The van der Waals surface area contributed by atoms with Crippen LogP contribution in [0.1, 0.15) is 5.56 Å². The summed E-state index contributed by atoms with van der Waals surface area (Å²) in [5.74, 6) is 0. The van der Waals surface area contributed by atoms with Crippen LogP contribution in [0.4, 0.5) is 8.78 Å². The largest absolute Gasteiger partial charge is 0.361 e. The fraction of sp³-hybridized carbons (Fsp3) is 0.429. The molecule has 0 aliphatic heterocycles. The van der Waals surface area contributed by atoms with Crippen molar-refractivity contribution in [3.63, 3.8) is 0 Å². The first-order valence-electron chi connectivity index (χ1n) is 6.65. The van der Waals surface area contributed by atoms with Gasteiger partial charge in [-0.05, 0) is 25.1 Å². The summed E-state index contributed by atoms with van der Waals surface area (Å²) in [5, 5.41) is -0.704. The highest BCUT2D eigenvalue weighted by Crippen LogP contribution is 2.18. The van der Waals surface area contributed by atoms with Crippen molar-refractivity contribution in [1.82, 2.24) is 9.88 Å². The maximum atomic E-state index is 12.2. The Hall–Kier alpha value is -1.33. The number of ether oxygens (including phenoxy) is 1. The highest BCUT2D eigenvalue weighted by Gasteiger charge is 2.23. The molecule has 7 heteroatoms. The van der Waals surface area contributed by atoms with E-state index < -0.39 is 12.0 Å². The number of aromatic nitrogens is 1. The number of para-hydroxylation sites is 1. The molecule has 0 unspecified atom stereocenters. The fourth-order valence-electron chi connectivity index (χ4n) is 2.35. The van der Waals surface area contributed by atoms with E-state index in [2.05, 4.69) is 9.72 Å². The summed E-state index contributed by atoms with van der Waals surface area (Å²) in [6, 6.07) is 7.99. The normalized spacial score (nSPS) is 12.6. The molecule has 1 heterocycles. The number of alkyl halides is 2. The second-order valence-electron chi connectivity index (χ2n) is 5.18. The number of fused-ring (bicyclic) bond motifs is 1. The minimum Gasteiger partial charge on any atom is -0.361 e. The average molecular weight is 288 g/mol. The molecule has 21 heavy (non-hydrogen) atoms. The number of benzene rings is 1. The first-order chi connectivity index (χ1) is 9.87. The highest BCUT2D eigenvalue weighted by molar-refractivity contribution is 6.39. The van der Waals surface area contributed by atoms with Crippen molar-refractivity contribution in [1.29, 1.82) is 0 Å². The molecule has 0 fully saturated rings. The number of likely N-dealkylation sites (N-methyl/N-ethyl adjacent to an activating group) is 1. The number of H-pyrrole nitrogens is 1. The lowest BCUT2D eigenvalue weighted by Gasteiger charge is -2.31. The first-order valence-corrected chi connectivity index (χ1v) is 6.65. The first kappa shape index (κ1) is 16.0. The molecule has 0 aliphatic carbocycles. The van der Waals surface area contributed by atoms with Crippen LogP contribution in [0.3, 0.4) is 0 Å². The molecular weight excluding hydrogens is 272 g/mol. The van der Waals surface area contributed by atoms with E-state index >= 15 is 0 Å². The van der Waals surface area contributed by atoms with Crippen molar-refractivity contribution in [3.05, 3.63) is 36.0 Å². The Labute approximate surface area is 125 Å². The quantitative estimate of drug-likeness (QED) is 0.788. The zero-order valence-electron chi connectivity index (χ0n) is 11.9. The van der Waals surface area contributed by atoms with Gasteiger partial charge in [0.2, 0.25) is 0 Å². The molecule has 0 amide bonds. The van der Waals surface area contributed by atoms with Gasteiger partial charge < -0.3 is 14.6 Å². The number of aromatic amines is 1. The topological polar surface area (TPSA) is 28.3 Å². The predicted octanol–water partition coefficient (Wildman–Crippen LogP) is 1.87. The second kappa shape index (κ2) is 6.62. The van der Waals surface area contributed by atoms with Crippen LogP contribution < -0.4 is 0 Å². The lowest BCUT2D eigenvalue weighted by Crippen LogP contribution is -2.46. The fourth-order valence-corrected chi connectivity index (χ4v) is 2.35. The average Bonchev–Trinajstić information content (AvgIpc) is 2.77. The molecule has 0 atom stereocenters. The van der Waals surface area contributed by atoms with Gasteiger partial charge in [-0.1, -0.05) is 18.2 Å². The van der Waals surface area contributed by atoms with Crippen LogP contribution in [0.25, 0.3) is 10.9 Å². The smallest absolute Gasteiger partial charge is 0.344 e. The molecule has 2 aromatic rings. The third-order valence-electron chi connectivity index (χ3n) is 3.26. The summed E-state index contributed by atoms with van der Waals surface area (Å²) in [6.07, 6.45) is 2.71. The molecule has 0 spiro atoms. The number of nitrogens with zero attached hydrogens (tertiary/aromatic N) is 1. The molecular formula is C14H16B2F2N2O. The third kappa shape index (κ3) is 4.58. The third-order valence-corrected chi connectivity index (χ3v) is 3.26. The molecule has 1 aromatic heterocycles. The molecule has 4 radical (unpaired) electrons.